The number of allylic oxidation sites excluding steroid dienone is 4. The first-order valence-electron chi connectivity index (χ1n) is 4.25. The molecule has 0 amide bonds. The van der Waals surface area contributed by atoms with Crippen LogP contribution < -0.4 is 0 Å². The van der Waals surface area contributed by atoms with Gasteiger partial charge in [-0.2, -0.15) is 0 Å². The lowest BCUT2D eigenvalue weighted by molar-refractivity contribution is -0.118. The first-order valence-corrected chi connectivity index (χ1v) is 4.25. The number of carbonyl (C=O) groups excluding carboxylic acids is 1. The maximum atomic E-state index is 11.1. The molecule has 0 aromatic rings. The van der Waals surface area contributed by atoms with Crippen molar-refractivity contribution in [1.82, 2.24) is 0 Å². The normalized spacial score (nSPS) is 23.8. The molecule has 2 rings (SSSR count). The van der Waals surface area contributed by atoms with Crippen LogP contribution in [0.2, 0.25) is 0 Å². The summed E-state index contributed by atoms with van der Waals surface area (Å²) in [5.41, 5.74) is 2.85. The van der Waals surface area contributed by atoms with Gasteiger partial charge in [-0.1, -0.05) is 17.7 Å². The highest BCUT2D eigenvalue weighted by molar-refractivity contribution is 5.83. The van der Waals surface area contributed by atoms with Crippen molar-refractivity contribution >= 4 is 5.78 Å². The predicted octanol–water partition coefficient (Wildman–Crippen LogP) is 2.39. The molecule has 0 aromatic carbocycles. The molecule has 0 atom stereocenters. The highest BCUT2D eigenvalue weighted by Gasteiger charge is 2.17. The lowest BCUT2D eigenvalue weighted by Crippen LogP contribution is -2.10. The fourth-order valence-corrected chi connectivity index (χ4v) is 1.82. The minimum atomic E-state index is 0.430. The zero-order valence-electron chi connectivity index (χ0n) is 6.60. The third kappa shape index (κ3) is 1.28. The van der Waals surface area contributed by atoms with E-state index in [-0.39, 0.29) is 0 Å². The van der Waals surface area contributed by atoms with Gasteiger partial charge in [0.1, 0.15) is 5.78 Å². The zero-order chi connectivity index (χ0) is 7.68. The third-order valence-electron chi connectivity index (χ3n) is 2.47. The van der Waals surface area contributed by atoms with Crippen molar-refractivity contribution in [3.8, 4) is 0 Å². The predicted molar refractivity (Wildman–Crippen MR) is 44.3 cm³/mol. The fraction of sp³-hybridized carbons (Fsp3) is 0.500. The summed E-state index contributed by atoms with van der Waals surface area (Å²) < 4.78 is 0. The summed E-state index contributed by atoms with van der Waals surface area (Å²) in [5.74, 6) is 0.430. The number of ketones is 1. The van der Waals surface area contributed by atoms with E-state index in [9.17, 15) is 4.79 Å². The van der Waals surface area contributed by atoms with Crippen LogP contribution in [0.25, 0.3) is 0 Å². The van der Waals surface area contributed by atoms with Crippen molar-refractivity contribution in [1.29, 1.82) is 0 Å². The highest BCUT2D eigenvalue weighted by atomic mass is 16.1. The van der Waals surface area contributed by atoms with E-state index in [0.29, 0.717) is 5.78 Å². The summed E-state index contributed by atoms with van der Waals surface area (Å²) in [7, 11) is 0. The van der Waals surface area contributed by atoms with E-state index in [1.165, 1.54) is 11.1 Å². The van der Waals surface area contributed by atoms with E-state index in [2.05, 4.69) is 12.2 Å². The van der Waals surface area contributed by atoms with E-state index in [1.807, 2.05) is 0 Å². The standard InChI is InChI=1S/C10H12O/c11-10-6-5-8-3-1-2-4-9(8)7-10/h1,3H,2,4-7H2. The first-order chi connectivity index (χ1) is 5.36. The van der Waals surface area contributed by atoms with Crippen molar-refractivity contribution in [3.05, 3.63) is 23.3 Å². The summed E-state index contributed by atoms with van der Waals surface area (Å²) in [4.78, 5) is 11.1. The molecule has 0 spiro atoms. The van der Waals surface area contributed by atoms with Gasteiger partial charge in [0, 0.05) is 12.8 Å². The van der Waals surface area contributed by atoms with Gasteiger partial charge in [-0.05, 0) is 24.8 Å². The summed E-state index contributed by atoms with van der Waals surface area (Å²) in [6.45, 7) is 0. The Morgan fingerprint density at radius 1 is 1.18 bits per heavy atom. The van der Waals surface area contributed by atoms with Gasteiger partial charge < -0.3 is 0 Å². The summed E-state index contributed by atoms with van der Waals surface area (Å²) in [6.07, 6.45) is 9.16. The van der Waals surface area contributed by atoms with Gasteiger partial charge >= 0.3 is 0 Å². The second-order valence-electron chi connectivity index (χ2n) is 3.29. The van der Waals surface area contributed by atoms with Crippen molar-refractivity contribution in [3.63, 3.8) is 0 Å². The van der Waals surface area contributed by atoms with E-state index < -0.39 is 0 Å². The molecule has 11 heavy (non-hydrogen) atoms. The number of hydrogen-bond donors (Lipinski definition) is 0. The molecule has 2 aliphatic rings. The summed E-state index contributed by atoms with van der Waals surface area (Å²) in [6, 6.07) is 0. The molecule has 1 heteroatoms. The highest BCUT2D eigenvalue weighted by Crippen LogP contribution is 2.29. The summed E-state index contributed by atoms with van der Waals surface area (Å²) >= 11 is 0. The lowest BCUT2D eigenvalue weighted by Gasteiger charge is -2.19. The van der Waals surface area contributed by atoms with E-state index in [1.54, 1.807) is 0 Å². The van der Waals surface area contributed by atoms with Crippen LogP contribution in [0.4, 0.5) is 0 Å². The van der Waals surface area contributed by atoms with Crippen LogP contribution in [0, 0.1) is 0 Å². The Morgan fingerprint density at radius 2 is 2.09 bits per heavy atom. The maximum absolute atomic E-state index is 11.1. The van der Waals surface area contributed by atoms with Crippen LogP contribution in [0.3, 0.4) is 0 Å². The van der Waals surface area contributed by atoms with Crippen LogP contribution in [0.5, 0.6) is 0 Å². The number of carbonyl (C=O) groups is 1. The largest absolute Gasteiger partial charge is 0.299 e. The molecule has 0 aliphatic heterocycles. The van der Waals surface area contributed by atoms with Crippen molar-refractivity contribution in [2.24, 2.45) is 0 Å². The average Bonchev–Trinajstić information content (AvgIpc) is 2.04. The molecule has 0 heterocycles. The smallest absolute Gasteiger partial charge is 0.137 e. The Kier molecular flexibility index (Phi) is 1.65. The molecule has 2 aliphatic carbocycles. The molecular weight excluding hydrogens is 136 g/mol. The Morgan fingerprint density at radius 3 is 3.00 bits per heavy atom. The number of hydrogen-bond acceptors (Lipinski definition) is 1. The minimum Gasteiger partial charge on any atom is -0.299 e. The SMILES string of the molecule is O=C1CCC2=C(CCC=C2)C1. The van der Waals surface area contributed by atoms with Gasteiger partial charge in [0.15, 0.2) is 0 Å². The second-order valence-corrected chi connectivity index (χ2v) is 3.29. The van der Waals surface area contributed by atoms with Crippen LogP contribution in [0.15, 0.2) is 23.3 Å². The van der Waals surface area contributed by atoms with Gasteiger partial charge in [-0.3, -0.25) is 4.79 Å². The molecule has 0 saturated carbocycles. The molecule has 0 unspecified atom stereocenters. The minimum absolute atomic E-state index is 0.430. The Bertz CT molecular complexity index is 246. The molecule has 0 radical (unpaired) electrons. The van der Waals surface area contributed by atoms with Crippen LogP contribution >= 0.6 is 0 Å². The van der Waals surface area contributed by atoms with Gasteiger partial charge in [-0.15, -0.1) is 0 Å². The van der Waals surface area contributed by atoms with Gasteiger partial charge in [0.2, 0.25) is 0 Å². The van der Waals surface area contributed by atoms with Gasteiger partial charge in [0.25, 0.3) is 0 Å². The van der Waals surface area contributed by atoms with E-state index >= 15 is 0 Å². The van der Waals surface area contributed by atoms with Gasteiger partial charge in [-0.25, -0.2) is 0 Å². The molecule has 0 N–H and O–H groups in total. The van der Waals surface area contributed by atoms with Crippen LogP contribution in [0.1, 0.15) is 32.1 Å². The molecule has 0 aromatic heterocycles. The molecule has 0 saturated heterocycles. The molecule has 0 fully saturated rings. The monoisotopic (exact) mass is 148 g/mol. The van der Waals surface area contributed by atoms with Crippen molar-refractivity contribution in [2.45, 2.75) is 32.1 Å². The number of rotatable bonds is 0. The topological polar surface area (TPSA) is 17.1 Å². The average molecular weight is 148 g/mol. The molecule has 1 nitrogen and oxygen atoms in total. The number of Topliss-reactive ketones (excluding diaryl/α,β-unsaturated/α-hetero) is 1. The maximum Gasteiger partial charge on any atom is 0.137 e. The lowest BCUT2D eigenvalue weighted by atomic mass is 9.85. The third-order valence-corrected chi connectivity index (χ3v) is 2.47. The zero-order valence-corrected chi connectivity index (χ0v) is 6.60. The first kappa shape index (κ1) is 6.84. The second kappa shape index (κ2) is 2.65. The van der Waals surface area contributed by atoms with Crippen molar-refractivity contribution < 1.29 is 4.79 Å². The fourth-order valence-electron chi connectivity index (χ4n) is 1.82. The van der Waals surface area contributed by atoms with Crippen LogP contribution in [-0.4, -0.2) is 5.78 Å². The molecule has 58 valence electrons. The molecular formula is C10H12O. The van der Waals surface area contributed by atoms with E-state index in [4.69, 9.17) is 0 Å². The Balaban J connectivity index is 2.26. The van der Waals surface area contributed by atoms with Gasteiger partial charge in [0.05, 0.1) is 0 Å². The summed E-state index contributed by atoms with van der Waals surface area (Å²) in [5, 5.41) is 0. The van der Waals surface area contributed by atoms with Crippen LogP contribution in [-0.2, 0) is 4.79 Å². The molecule has 0 bridgehead atoms. The Labute approximate surface area is 66.8 Å². The van der Waals surface area contributed by atoms with Crippen molar-refractivity contribution in [2.75, 3.05) is 0 Å². The Hall–Kier alpha value is -0.850. The quantitative estimate of drug-likeness (QED) is 0.515. The van der Waals surface area contributed by atoms with E-state index in [0.717, 1.165) is 32.1 Å².